The summed E-state index contributed by atoms with van der Waals surface area (Å²) in [6, 6.07) is 18.1. The van der Waals surface area contributed by atoms with Gasteiger partial charge in [0, 0.05) is 0 Å². The van der Waals surface area contributed by atoms with E-state index in [4.69, 9.17) is 0 Å². The summed E-state index contributed by atoms with van der Waals surface area (Å²) in [6.45, 7) is 0. The van der Waals surface area contributed by atoms with Crippen molar-refractivity contribution in [2.75, 3.05) is 0 Å². The van der Waals surface area contributed by atoms with Gasteiger partial charge in [-0.05, 0) is 49.9 Å². The molecule has 2 aliphatic rings. The zero-order valence-electron chi connectivity index (χ0n) is 12.9. The van der Waals surface area contributed by atoms with Crippen LogP contribution in [-0.2, 0) is 10.9 Å². The molecule has 0 bridgehead atoms. The third-order valence-corrected chi connectivity index (χ3v) is 8.24. The van der Waals surface area contributed by atoms with Gasteiger partial charge >= 0.3 is 7.25 Å². The Labute approximate surface area is 146 Å². The van der Waals surface area contributed by atoms with Crippen molar-refractivity contribution in [2.45, 2.75) is 50.5 Å². The van der Waals surface area contributed by atoms with Gasteiger partial charge < -0.3 is 17.3 Å². The zero-order valence-corrected chi connectivity index (χ0v) is 14.6. The van der Waals surface area contributed by atoms with Crippen LogP contribution in [0.25, 0.3) is 0 Å². The first-order valence-corrected chi connectivity index (χ1v) is 10.0. The van der Waals surface area contributed by atoms with Gasteiger partial charge in [0.1, 0.15) is 5.25 Å². The summed E-state index contributed by atoms with van der Waals surface area (Å²) in [4.78, 5) is 6.16. The molecule has 0 atom stereocenters. The normalized spacial score (nSPS) is 17.7. The van der Waals surface area contributed by atoms with E-state index in [-0.39, 0.29) is 0 Å². The lowest BCUT2D eigenvalue weighted by Crippen LogP contribution is -2.22. The summed E-state index contributed by atoms with van der Waals surface area (Å²) in [5, 5.41) is 0.878. The topological polar surface area (TPSA) is 0 Å². The Hall–Kier alpha value is -1.08. The number of hydrogen-bond acceptors (Lipinski definition) is 1. The van der Waals surface area contributed by atoms with Crippen LogP contribution in [0.1, 0.15) is 25.7 Å². The lowest BCUT2D eigenvalue weighted by atomic mass is 10.3. The van der Waals surface area contributed by atoms with Crippen LogP contribution in [0.4, 0.5) is 17.3 Å². The largest absolute Gasteiger partial charge is 0.673 e. The van der Waals surface area contributed by atoms with E-state index in [1.807, 2.05) is 11.8 Å². The van der Waals surface area contributed by atoms with Gasteiger partial charge in [0.05, 0.1) is 20.7 Å². The van der Waals surface area contributed by atoms with Gasteiger partial charge in [0.25, 0.3) is 0 Å². The summed E-state index contributed by atoms with van der Waals surface area (Å²) < 4.78 is 39.0. The molecular weight excluding hydrogens is 355 g/mol. The molecule has 0 N–H and O–H groups in total. The van der Waals surface area contributed by atoms with E-state index in [0.717, 1.165) is 5.25 Å². The van der Waals surface area contributed by atoms with Crippen molar-refractivity contribution in [3.05, 3.63) is 48.5 Å². The first-order valence-electron chi connectivity index (χ1n) is 7.90. The molecule has 0 aromatic heterocycles. The molecule has 1 heterocycles. The molecule has 2 aromatic carbocycles. The Kier molecular flexibility index (Phi) is 5.50. The maximum atomic E-state index is 9.75. The van der Waals surface area contributed by atoms with E-state index >= 15 is 0 Å². The number of hydrogen-bond donors (Lipinski definition) is 0. The lowest BCUT2D eigenvalue weighted by Gasteiger charge is -2.22. The number of rotatable bonds is 1. The van der Waals surface area contributed by atoms with Crippen molar-refractivity contribution in [1.82, 2.24) is 0 Å². The summed E-state index contributed by atoms with van der Waals surface area (Å²) in [6.07, 6.45) is 5.67. The molecule has 1 aliphatic heterocycles. The standard InChI is InChI=1S/C17H17S2.BF4/c1-2-8-13(7-1)19-16-11-5-3-9-14(16)18-15-10-4-6-12-17(15)19;2-1(3,4)5/h3-6,9-13H,1-2,7-8H2;/q+1;-1. The van der Waals surface area contributed by atoms with Crippen LogP contribution >= 0.6 is 11.8 Å². The molecule has 128 valence electrons. The Morgan fingerprint density at radius 1 is 0.792 bits per heavy atom. The minimum Gasteiger partial charge on any atom is -0.418 e. The number of fused-ring (bicyclic) bond motifs is 2. The second kappa shape index (κ2) is 7.44. The van der Waals surface area contributed by atoms with E-state index in [0.29, 0.717) is 10.9 Å². The highest BCUT2D eigenvalue weighted by Gasteiger charge is 2.43. The maximum Gasteiger partial charge on any atom is 0.673 e. The van der Waals surface area contributed by atoms with E-state index in [9.17, 15) is 17.3 Å². The minimum atomic E-state index is -6.00. The average molecular weight is 372 g/mol. The summed E-state index contributed by atoms with van der Waals surface area (Å²) >= 11 is 1.95. The third kappa shape index (κ3) is 4.31. The van der Waals surface area contributed by atoms with Crippen molar-refractivity contribution in [1.29, 1.82) is 0 Å². The van der Waals surface area contributed by atoms with Crippen LogP contribution in [0.2, 0.25) is 0 Å². The van der Waals surface area contributed by atoms with Gasteiger partial charge in [-0.3, -0.25) is 0 Å². The van der Waals surface area contributed by atoms with Gasteiger partial charge in [-0.15, -0.1) is 0 Å². The second-order valence-corrected chi connectivity index (χ2v) is 9.04. The molecule has 0 nitrogen and oxygen atoms in total. The van der Waals surface area contributed by atoms with Gasteiger partial charge in [0.2, 0.25) is 0 Å². The van der Waals surface area contributed by atoms with Crippen LogP contribution < -0.4 is 0 Å². The Balaban J connectivity index is 0.000000300. The Morgan fingerprint density at radius 3 is 1.67 bits per heavy atom. The van der Waals surface area contributed by atoms with Crippen LogP contribution in [0.5, 0.6) is 0 Å². The van der Waals surface area contributed by atoms with Crippen LogP contribution in [-0.4, -0.2) is 12.5 Å². The highest BCUT2D eigenvalue weighted by molar-refractivity contribution is 8.04. The molecular formula is C17H17BF4S2. The highest BCUT2D eigenvalue weighted by atomic mass is 32.2. The Bertz CT molecular complexity index is 647. The van der Waals surface area contributed by atoms with Crippen molar-refractivity contribution in [2.24, 2.45) is 0 Å². The minimum absolute atomic E-state index is 0.309. The smallest absolute Gasteiger partial charge is 0.418 e. The first kappa shape index (κ1) is 17.7. The predicted octanol–water partition coefficient (Wildman–Crippen LogP) is 6.43. The fourth-order valence-electron chi connectivity index (χ4n) is 3.15. The molecule has 1 aliphatic carbocycles. The molecule has 2 aromatic rings. The number of benzene rings is 2. The first-order chi connectivity index (χ1) is 11.4. The fraction of sp³-hybridized carbons (Fsp3) is 0.294. The fourth-order valence-corrected chi connectivity index (χ4v) is 7.59. The molecule has 0 amide bonds. The van der Waals surface area contributed by atoms with Crippen LogP contribution in [0, 0.1) is 0 Å². The summed E-state index contributed by atoms with van der Waals surface area (Å²) in [7, 11) is -5.69. The van der Waals surface area contributed by atoms with E-state index in [1.165, 1.54) is 35.5 Å². The SMILES string of the molecule is F[B-](F)(F)F.c1ccc2c(c1)Sc1ccccc1[S+]2C1CCCC1. The molecule has 1 fully saturated rings. The average Bonchev–Trinajstić information content (AvgIpc) is 3.05. The van der Waals surface area contributed by atoms with Crippen molar-refractivity contribution in [3.63, 3.8) is 0 Å². The molecule has 4 rings (SSSR count). The van der Waals surface area contributed by atoms with Crippen molar-refractivity contribution >= 4 is 29.9 Å². The van der Waals surface area contributed by atoms with Crippen LogP contribution in [0.15, 0.2) is 68.1 Å². The Morgan fingerprint density at radius 2 is 1.21 bits per heavy atom. The molecule has 0 unspecified atom stereocenters. The van der Waals surface area contributed by atoms with Crippen molar-refractivity contribution in [3.8, 4) is 0 Å². The zero-order chi connectivity index (χ0) is 17.2. The van der Waals surface area contributed by atoms with Gasteiger partial charge in [-0.1, -0.05) is 36.0 Å². The van der Waals surface area contributed by atoms with E-state index < -0.39 is 7.25 Å². The van der Waals surface area contributed by atoms with Crippen molar-refractivity contribution < 1.29 is 17.3 Å². The van der Waals surface area contributed by atoms with E-state index in [1.54, 1.807) is 9.79 Å². The van der Waals surface area contributed by atoms with Crippen LogP contribution in [0.3, 0.4) is 0 Å². The van der Waals surface area contributed by atoms with E-state index in [2.05, 4.69) is 48.5 Å². The molecule has 0 saturated heterocycles. The van der Waals surface area contributed by atoms with Gasteiger partial charge in [-0.25, -0.2) is 0 Å². The number of halogens is 4. The van der Waals surface area contributed by atoms with Gasteiger partial charge in [-0.2, -0.15) is 0 Å². The summed E-state index contributed by atoms with van der Waals surface area (Å²) in [5.41, 5.74) is 0. The quantitative estimate of drug-likeness (QED) is 0.316. The maximum absolute atomic E-state index is 9.75. The molecule has 7 heteroatoms. The second-order valence-electron chi connectivity index (χ2n) is 5.73. The lowest BCUT2D eigenvalue weighted by molar-refractivity contribution is 0.368. The third-order valence-electron chi connectivity index (χ3n) is 4.03. The molecule has 0 radical (unpaired) electrons. The highest BCUT2D eigenvalue weighted by Crippen LogP contribution is 2.49. The predicted molar refractivity (Wildman–Crippen MR) is 93.3 cm³/mol. The molecule has 1 saturated carbocycles. The molecule has 0 spiro atoms. The monoisotopic (exact) mass is 372 g/mol. The summed E-state index contributed by atoms with van der Waals surface area (Å²) in [5.74, 6) is 0. The van der Waals surface area contributed by atoms with Gasteiger partial charge in [0.15, 0.2) is 9.79 Å². The molecule has 24 heavy (non-hydrogen) atoms.